The van der Waals surface area contributed by atoms with Crippen LogP contribution in [0.25, 0.3) is 0 Å². The molecule has 1 aromatic carbocycles. The van der Waals surface area contributed by atoms with Gasteiger partial charge in [-0.1, -0.05) is 37.3 Å². The molecule has 0 aliphatic carbocycles. The first-order valence-electron chi connectivity index (χ1n) is 8.21. The van der Waals surface area contributed by atoms with Crippen molar-refractivity contribution < 1.29 is 4.79 Å². The van der Waals surface area contributed by atoms with Gasteiger partial charge in [-0.2, -0.15) is 5.26 Å². The molecule has 2 rings (SSSR count). The Bertz CT molecular complexity index is 521. The molecule has 1 aliphatic heterocycles. The third-order valence-electron chi connectivity index (χ3n) is 4.34. The lowest BCUT2D eigenvalue weighted by Crippen LogP contribution is -2.42. The summed E-state index contributed by atoms with van der Waals surface area (Å²) in [5.41, 5.74) is 1.26. The molecular weight excluding hydrogens is 306 g/mol. The average Bonchev–Trinajstić information content (AvgIpc) is 2.58. The minimum absolute atomic E-state index is 0.0107. The predicted molar refractivity (Wildman–Crippen MR) is 95.1 cm³/mol. The van der Waals surface area contributed by atoms with E-state index in [2.05, 4.69) is 41.4 Å². The molecule has 1 fully saturated rings. The van der Waals surface area contributed by atoms with Gasteiger partial charge in [0.15, 0.2) is 0 Å². The number of carbonyl (C=O) groups excluding carboxylic acids is 1. The predicted octanol–water partition coefficient (Wildman–Crippen LogP) is 2.83. The number of nitrogens with zero attached hydrogens (tertiary/aromatic N) is 2. The van der Waals surface area contributed by atoms with Gasteiger partial charge in [0.05, 0.1) is 23.6 Å². The fourth-order valence-electron chi connectivity index (χ4n) is 2.92. The Balaban J connectivity index is 1.94. The van der Waals surface area contributed by atoms with Crippen LogP contribution in [0.2, 0.25) is 0 Å². The molecule has 4 nitrogen and oxygen atoms in total. The molecule has 1 amide bonds. The van der Waals surface area contributed by atoms with Crippen LogP contribution in [-0.4, -0.2) is 41.9 Å². The van der Waals surface area contributed by atoms with Crippen LogP contribution < -0.4 is 5.32 Å². The molecule has 1 heterocycles. The molecule has 1 atom stereocenters. The summed E-state index contributed by atoms with van der Waals surface area (Å²) in [7, 11) is 0. The second kappa shape index (κ2) is 9.59. The van der Waals surface area contributed by atoms with E-state index in [1.54, 1.807) is 0 Å². The van der Waals surface area contributed by atoms with Crippen molar-refractivity contribution in [1.29, 1.82) is 5.26 Å². The topological polar surface area (TPSA) is 56.1 Å². The lowest BCUT2D eigenvalue weighted by molar-refractivity contribution is -0.118. The van der Waals surface area contributed by atoms with Crippen molar-refractivity contribution in [1.82, 2.24) is 10.2 Å². The van der Waals surface area contributed by atoms with E-state index in [1.807, 2.05) is 12.1 Å². The van der Waals surface area contributed by atoms with Crippen LogP contribution >= 0.6 is 11.8 Å². The van der Waals surface area contributed by atoms with Gasteiger partial charge in [-0.25, -0.2) is 0 Å². The van der Waals surface area contributed by atoms with Gasteiger partial charge in [0.1, 0.15) is 0 Å². The molecule has 1 N–H and O–H groups in total. The normalized spacial score (nSPS) is 17.4. The molecule has 0 unspecified atom stereocenters. The Morgan fingerprint density at radius 2 is 2.09 bits per heavy atom. The van der Waals surface area contributed by atoms with Crippen LogP contribution in [0.3, 0.4) is 0 Å². The van der Waals surface area contributed by atoms with Gasteiger partial charge in [-0.3, -0.25) is 9.69 Å². The first-order valence-corrected chi connectivity index (χ1v) is 9.36. The molecule has 0 spiro atoms. The zero-order valence-corrected chi connectivity index (χ0v) is 14.5. The summed E-state index contributed by atoms with van der Waals surface area (Å²) in [4.78, 5) is 14.4. The number of piperidine rings is 1. The van der Waals surface area contributed by atoms with Crippen molar-refractivity contribution in [2.75, 3.05) is 31.1 Å². The minimum atomic E-state index is 0.0107. The van der Waals surface area contributed by atoms with Gasteiger partial charge in [0.2, 0.25) is 5.91 Å². The van der Waals surface area contributed by atoms with Crippen molar-refractivity contribution in [2.45, 2.75) is 25.8 Å². The lowest BCUT2D eigenvalue weighted by atomic mass is 9.95. The van der Waals surface area contributed by atoms with E-state index in [0.29, 0.717) is 18.1 Å². The van der Waals surface area contributed by atoms with Gasteiger partial charge in [0.25, 0.3) is 0 Å². The number of hydrogen-bond donors (Lipinski definition) is 1. The Hall–Kier alpha value is -1.51. The molecule has 0 aromatic heterocycles. The summed E-state index contributed by atoms with van der Waals surface area (Å²) in [5, 5.41) is 11.6. The standard InChI is InChI=1S/C18H25N3OS/c1-15-7-10-21(11-8-15)17(16-5-3-2-4-6-16)13-20-18(22)14-23-12-9-19/h2-6,15,17H,7-8,10-14H2,1H3,(H,20,22)/t17-/m1/s1. The highest BCUT2D eigenvalue weighted by molar-refractivity contribution is 8.00. The molecule has 1 saturated heterocycles. The van der Waals surface area contributed by atoms with Gasteiger partial charge >= 0.3 is 0 Å². The lowest BCUT2D eigenvalue weighted by Gasteiger charge is -2.37. The molecule has 0 radical (unpaired) electrons. The molecule has 0 bridgehead atoms. The zero-order chi connectivity index (χ0) is 16.5. The number of nitrogens with one attached hydrogen (secondary N) is 1. The fraction of sp³-hybridized carbons (Fsp3) is 0.556. The molecular formula is C18H25N3OS. The van der Waals surface area contributed by atoms with Crippen molar-refractivity contribution in [2.24, 2.45) is 5.92 Å². The van der Waals surface area contributed by atoms with E-state index in [0.717, 1.165) is 19.0 Å². The number of rotatable bonds is 7. The van der Waals surface area contributed by atoms with Gasteiger partial charge in [0, 0.05) is 6.54 Å². The Kier molecular flexibility index (Phi) is 7.44. The van der Waals surface area contributed by atoms with E-state index in [1.165, 1.54) is 30.2 Å². The monoisotopic (exact) mass is 331 g/mol. The van der Waals surface area contributed by atoms with Crippen molar-refractivity contribution in [3.8, 4) is 6.07 Å². The number of thioether (sulfide) groups is 1. The molecule has 23 heavy (non-hydrogen) atoms. The Morgan fingerprint density at radius 3 is 2.74 bits per heavy atom. The van der Waals surface area contributed by atoms with Crippen LogP contribution in [0.4, 0.5) is 0 Å². The average molecular weight is 331 g/mol. The van der Waals surface area contributed by atoms with E-state index in [-0.39, 0.29) is 11.9 Å². The van der Waals surface area contributed by atoms with Crippen LogP contribution in [0.1, 0.15) is 31.4 Å². The van der Waals surface area contributed by atoms with Crippen LogP contribution in [-0.2, 0) is 4.79 Å². The number of hydrogen-bond acceptors (Lipinski definition) is 4. The molecule has 1 aromatic rings. The first kappa shape index (κ1) is 17.8. The summed E-state index contributed by atoms with van der Waals surface area (Å²) in [5.74, 6) is 1.52. The SMILES string of the molecule is CC1CCN([C@H](CNC(=O)CSCC#N)c2ccccc2)CC1. The fourth-order valence-corrected chi connectivity index (χ4v) is 3.40. The quantitative estimate of drug-likeness (QED) is 0.781. The van der Waals surface area contributed by atoms with Crippen molar-refractivity contribution >= 4 is 17.7 Å². The third kappa shape index (κ3) is 5.89. The zero-order valence-electron chi connectivity index (χ0n) is 13.7. The van der Waals surface area contributed by atoms with Crippen molar-refractivity contribution in [3.05, 3.63) is 35.9 Å². The second-order valence-corrected chi connectivity index (χ2v) is 7.09. The maximum absolute atomic E-state index is 11.9. The van der Waals surface area contributed by atoms with Crippen LogP contribution in [0.5, 0.6) is 0 Å². The van der Waals surface area contributed by atoms with Gasteiger partial charge < -0.3 is 5.32 Å². The largest absolute Gasteiger partial charge is 0.353 e. The van der Waals surface area contributed by atoms with E-state index < -0.39 is 0 Å². The second-order valence-electron chi connectivity index (χ2n) is 6.10. The number of nitriles is 1. The highest BCUT2D eigenvalue weighted by Gasteiger charge is 2.24. The summed E-state index contributed by atoms with van der Waals surface area (Å²) < 4.78 is 0. The highest BCUT2D eigenvalue weighted by atomic mass is 32.2. The molecule has 0 saturated carbocycles. The van der Waals surface area contributed by atoms with E-state index in [9.17, 15) is 4.79 Å². The molecule has 5 heteroatoms. The summed E-state index contributed by atoms with van der Waals surface area (Å²) in [6, 6.07) is 12.7. The highest BCUT2D eigenvalue weighted by Crippen LogP contribution is 2.26. The van der Waals surface area contributed by atoms with Crippen LogP contribution in [0.15, 0.2) is 30.3 Å². The summed E-state index contributed by atoms with van der Waals surface area (Å²) >= 11 is 1.36. The van der Waals surface area contributed by atoms with E-state index in [4.69, 9.17) is 5.26 Å². The van der Waals surface area contributed by atoms with Gasteiger partial charge in [-0.05, 0) is 37.4 Å². The van der Waals surface area contributed by atoms with Crippen molar-refractivity contribution in [3.63, 3.8) is 0 Å². The Labute approximate surface area is 143 Å². The molecule has 1 aliphatic rings. The smallest absolute Gasteiger partial charge is 0.230 e. The maximum atomic E-state index is 11.9. The number of amides is 1. The van der Waals surface area contributed by atoms with Gasteiger partial charge in [-0.15, -0.1) is 11.8 Å². The minimum Gasteiger partial charge on any atom is -0.353 e. The number of likely N-dealkylation sites (tertiary alicyclic amines) is 1. The number of carbonyl (C=O) groups is 1. The van der Waals surface area contributed by atoms with E-state index >= 15 is 0 Å². The molecule has 124 valence electrons. The van der Waals surface area contributed by atoms with Crippen LogP contribution in [0, 0.1) is 17.2 Å². The Morgan fingerprint density at radius 1 is 1.39 bits per heavy atom. The summed E-state index contributed by atoms with van der Waals surface area (Å²) in [6.45, 7) is 5.10. The number of benzene rings is 1. The summed E-state index contributed by atoms with van der Waals surface area (Å²) in [6.07, 6.45) is 2.44. The third-order valence-corrected chi connectivity index (χ3v) is 5.14. The maximum Gasteiger partial charge on any atom is 0.230 e. The first-order chi connectivity index (χ1) is 11.2.